The van der Waals surface area contributed by atoms with Crippen LogP contribution in [0.4, 0.5) is 10.1 Å². The van der Waals surface area contributed by atoms with Crippen molar-refractivity contribution in [1.29, 1.82) is 0 Å². The second-order valence-electron chi connectivity index (χ2n) is 4.01. The smallest absolute Gasteiger partial charge is 0.325 e. The fraction of sp³-hybridized carbons (Fsp3) is 0.385. The molecule has 0 heterocycles. The van der Waals surface area contributed by atoms with Crippen LogP contribution in [-0.2, 0) is 14.3 Å². The molecule has 0 fully saturated rings. The minimum Gasteiger partial charge on any atom is -0.465 e. The van der Waals surface area contributed by atoms with Gasteiger partial charge in [0.1, 0.15) is 0 Å². The summed E-state index contributed by atoms with van der Waals surface area (Å²) in [4.78, 5) is 33.0. The molecule has 0 aliphatic rings. The third-order valence-electron chi connectivity index (χ3n) is 2.60. The van der Waals surface area contributed by atoms with Crippen LogP contribution in [0.2, 0.25) is 0 Å². The van der Waals surface area contributed by atoms with Gasteiger partial charge in [0.2, 0.25) is 0 Å². The van der Waals surface area contributed by atoms with Crippen LogP contribution in [0.5, 0.6) is 5.75 Å². The molecule has 0 aromatic heterocycles. The number of non-ortho nitro benzene ring substituents is 1. The van der Waals surface area contributed by atoms with Crippen molar-refractivity contribution in [2.45, 2.75) is 20.3 Å². The molecule has 114 valence electrons. The predicted octanol–water partition coefficient (Wildman–Crippen LogP) is 2.23. The van der Waals surface area contributed by atoms with Crippen LogP contribution in [0.25, 0.3) is 0 Å². The highest BCUT2D eigenvalue weighted by atomic mass is 19.1. The van der Waals surface area contributed by atoms with Crippen molar-refractivity contribution < 1.29 is 28.4 Å². The SMILES string of the molecule is CCOC(=O)C(CC)C(=O)Oc1ccc([N+](=O)[O-])cc1F. The van der Waals surface area contributed by atoms with Crippen molar-refractivity contribution in [3.05, 3.63) is 34.1 Å². The van der Waals surface area contributed by atoms with Gasteiger partial charge in [-0.2, -0.15) is 0 Å². The Bertz CT molecular complexity index is 560. The summed E-state index contributed by atoms with van der Waals surface area (Å²) in [5.74, 6) is -4.43. The molecule has 0 radical (unpaired) electrons. The number of carbonyl (C=O) groups is 2. The molecule has 8 heteroatoms. The topological polar surface area (TPSA) is 95.7 Å². The van der Waals surface area contributed by atoms with E-state index in [-0.39, 0.29) is 13.0 Å². The van der Waals surface area contributed by atoms with Crippen LogP contribution < -0.4 is 4.74 Å². The van der Waals surface area contributed by atoms with E-state index in [0.717, 1.165) is 12.1 Å². The highest BCUT2D eigenvalue weighted by molar-refractivity contribution is 5.95. The fourth-order valence-electron chi connectivity index (χ4n) is 1.54. The van der Waals surface area contributed by atoms with Crippen molar-refractivity contribution in [2.75, 3.05) is 6.61 Å². The van der Waals surface area contributed by atoms with Gasteiger partial charge in [-0.05, 0) is 19.4 Å². The summed E-state index contributed by atoms with van der Waals surface area (Å²) in [7, 11) is 0. The fourth-order valence-corrected chi connectivity index (χ4v) is 1.54. The average molecular weight is 299 g/mol. The zero-order chi connectivity index (χ0) is 16.0. The van der Waals surface area contributed by atoms with E-state index in [1.807, 2.05) is 0 Å². The van der Waals surface area contributed by atoms with Crippen LogP contribution in [0.15, 0.2) is 18.2 Å². The number of nitro benzene ring substituents is 1. The molecule has 0 saturated heterocycles. The first-order valence-corrected chi connectivity index (χ1v) is 6.22. The third kappa shape index (κ3) is 4.23. The first-order chi connectivity index (χ1) is 9.90. The molecule has 1 atom stereocenters. The van der Waals surface area contributed by atoms with E-state index in [2.05, 4.69) is 0 Å². The summed E-state index contributed by atoms with van der Waals surface area (Å²) < 4.78 is 23.1. The first kappa shape index (κ1) is 16.5. The summed E-state index contributed by atoms with van der Waals surface area (Å²) in [5.41, 5.74) is -0.468. The van der Waals surface area contributed by atoms with Gasteiger partial charge in [-0.25, -0.2) is 4.39 Å². The lowest BCUT2D eigenvalue weighted by atomic mass is 10.1. The molecule has 0 saturated carbocycles. The normalized spacial score (nSPS) is 11.6. The zero-order valence-corrected chi connectivity index (χ0v) is 11.5. The second-order valence-corrected chi connectivity index (χ2v) is 4.01. The first-order valence-electron chi connectivity index (χ1n) is 6.22. The van der Waals surface area contributed by atoms with E-state index >= 15 is 0 Å². The summed E-state index contributed by atoms with van der Waals surface area (Å²) in [5, 5.41) is 10.5. The summed E-state index contributed by atoms with van der Waals surface area (Å²) in [6.45, 7) is 3.27. The largest absolute Gasteiger partial charge is 0.465 e. The third-order valence-corrected chi connectivity index (χ3v) is 2.60. The molecule has 0 spiro atoms. The lowest BCUT2D eigenvalue weighted by Gasteiger charge is -2.12. The van der Waals surface area contributed by atoms with Crippen molar-refractivity contribution in [1.82, 2.24) is 0 Å². The maximum absolute atomic E-state index is 13.6. The van der Waals surface area contributed by atoms with Gasteiger partial charge in [-0.1, -0.05) is 6.92 Å². The van der Waals surface area contributed by atoms with Gasteiger partial charge in [0.15, 0.2) is 17.5 Å². The van der Waals surface area contributed by atoms with Crippen LogP contribution in [0, 0.1) is 21.8 Å². The Kier molecular flexibility index (Phi) is 5.77. The number of nitro groups is 1. The molecule has 0 aliphatic carbocycles. The number of rotatable bonds is 6. The Morgan fingerprint density at radius 3 is 2.48 bits per heavy atom. The Morgan fingerprint density at radius 2 is 2.00 bits per heavy atom. The minimum absolute atomic E-state index is 0.106. The number of esters is 2. The molecule has 1 aromatic rings. The summed E-state index contributed by atoms with van der Waals surface area (Å²) in [6.07, 6.45) is 0.131. The Labute approximate surface area is 119 Å². The minimum atomic E-state index is -1.17. The van der Waals surface area contributed by atoms with E-state index in [4.69, 9.17) is 9.47 Å². The molecule has 7 nitrogen and oxygen atoms in total. The Balaban J connectivity index is 2.87. The van der Waals surface area contributed by atoms with Crippen LogP contribution >= 0.6 is 0 Å². The summed E-state index contributed by atoms with van der Waals surface area (Å²) in [6, 6.07) is 2.59. The lowest BCUT2D eigenvalue weighted by Crippen LogP contribution is -2.29. The van der Waals surface area contributed by atoms with Crippen LogP contribution in [0.3, 0.4) is 0 Å². The monoisotopic (exact) mass is 299 g/mol. The van der Waals surface area contributed by atoms with Gasteiger partial charge >= 0.3 is 11.9 Å². The van der Waals surface area contributed by atoms with E-state index in [1.54, 1.807) is 13.8 Å². The Hall–Kier alpha value is -2.51. The molecular weight excluding hydrogens is 285 g/mol. The average Bonchev–Trinajstić information content (AvgIpc) is 2.42. The van der Waals surface area contributed by atoms with Gasteiger partial charge in [0.25, 0.3) is 5.69 Å². The van der Waals surface area contributed by atoms with Gasteiger partial charge in [-0.3, -0.25) is 19.7 Å². The summed E-state index contributed by atoms with van der Waals surface area (Å²) >= 11 is 0. The molecule has 21 heavy (non-hydrogen) atoms. The quantitative estimate of drug-likeness (QED) is 0.263. The second kappa shape index (κ2) is 7.32. The van der Waals surface area contributed by atoms with Crippen molar-refractivity contribution in [3.8, 4) is 5.75 Å². The molecule has 1 aromatic carbocycles. The maximum Gasteiger partial charge on any atom is 0.325 e. The molecule has 1 unspecified atom stereocenters. The van der Waals surface area contributed by atoms with Crippen LogP contribution in [-0.4, -0.2) is 23.5 Å². The van der Waals surface area contributed by atoms with E-state index < -0.39 is 40.0 Å². The number of carbonyl (C=O) groups excluding carboxylic acids is 2. The standard InChI is InChI=1S/C13H14FNO6/c1-3-9(12(16)20-4-2)13(17)21-11-6-5-8(15(18)19)7-10(11)14/h5-7,9H,3-4H2,1-2H3. The number of halogens is 1. The molecule has 0 aliphatic heterocycles. The van der Waals surface area contributed by atoms with E-state index in [1.165, 1.54) is 0 Å². The lowest BCUT2D eigenvalue weighted by molar-refractivity contribution is -0.385. The number of benzene rings is 1. The molecular formula is C13H14FNO6. The van der Waals surface area contributed by atoms with Gasteiger partial charge < -0.3 is 9.47 Å². The number of hydrogen-bond acceptors (Lipinski definition) is 6. The molecule has 0 bridgehead atoms. The predicted molar refractivity (Wildman–Crippen MR) is 69.1 cm³/mol. The molecule has 0 N–H and O–H groups in total. The van der Waals surface area contributed by atoms with Gasteiger partial charge in [0.05, 0.1) is 17.6 Å². The van der Waals surface area contributed by atoms with Gasteiger partial charge in [0, 0.05) is 6.07 Å². The van der Waals surface area contributed by atoms with E-state index in [0.29, 0.717) is 6.07 Å². The number of ether oxygens (including phenoxy) is 2. The number of hydrogen-bond donors (Lipinski definition) is 0. The van der Waals surface area contributed by atoms with Crippen LogP contribution in [0.1, 0.15) is 20.3 Å². The van der Waals surface area contributed by atoms with Gasteiger partial charge in [-0.15, -0.1) is 0 Å². The van der Waals surface area contributed by atoms with Crippen molar-refractivity contribution in [3.63, 3.8) is 0 Å². The highest BCUT2D eigenvalue weighted by Gasteiger charge is 2.29. The Morgan fingerprint density at radius 1 is 1.33 bits per heavy atom. The van der Waals surface area contributed by atoms with Crippen molar-refractivity contribution >= 4 is 17.6 Å². The molecule has 1 rings (SSSR count). The highest BCUT2D eigenvalue weighted by Crippen LogP contribution is 2.23. The van der Waals surface area contributed by atoms with E-state index in [9.17, 15) is 24.1 Å². The maximum atomic E-state index is 13.6. The zero-order valence-electron chi connectivity index (χ0n) is 11.5. The molecule has 0 amide bonds. The number of nitrogens with zero attached hydrogens (tertiary/aromatic N) is 1. The van der Waals surface area contributed by atoms with Crippen molar-refractivity contribution in [2.24, 2.45) is 5.92 Å².